The number of amides is 1. The normalized spacial score (nSPS) is 45.1. The first-order chi connectivity index (χ1) is 15.9. The minimum absolute atomic E-state index is 0.0756. The summed E-state index contributed by atoms with van der Waals surface area (Å²) < 4.78 is 30.5. The van der Waals surface area contributed by atoms with E-state index in [2.05, 4.69) is 26.1 Å². The summed E-state index contributed by atoms with van der Waals surface area (Å²) in [5.41, 5.74) is 0.105. The highest BCUT2D eigenvalue weighted by atomic mass is 32.2. The van der Waals surface area contributed by atoms with E-state index in [1.165, 1.54) is 12.8 Å². The van der Waals surface area contributed by atoms with E-state index in [0.29, 0.717) is 48.3 Å². The van der Waals surface area contributed by atoms with E-state index in [1.54, 1.807) is 0 Å². The van der Waals surface area contributed by atoms with Crippen LogP contribution < -0.4 is 5.32 Å². The van der Waals surface area contributed by atoms with Crippen LogP contribution >= 0.6 is 0 Å². The van der Waals surface area contributed by atoms with Crippen LogP contribution in [0.5, 0.6) is 0 Å². The van der Waals surface area contributed by atoms with Crippen LogP contribution in [-0.4, -0.2) is 53.6 Å². The summed E-state index contributed by atoms with van der Waals surface area (Å²) in [6.45, 7) is 6.86. The first-order valence-corrected chi connectivity index (χ1v) is 15.0. The Labute approximate surface area is 205 Å². The highest BCUT2D eigenvalue weighted by Gasteiger charge is 2.63. The number of rotatable bonds is 7. The molecule has 7 nitrogen and oxygen atoms in total. The van der Waals surface area contributed by atoms with Crippen molar-refractivity contribution >= 4 is 16.0 Å². The molecule has 4 aliphatic carbocycles. The van der Waals surface area contributed by atoms with Crippen molar-refractivity contribution < 1.29 is 28.0 Å². The van der Waals surface area contributed by atoms with Crippen LogP contribution in [0.15, 0.2) is 0 Å². The Morgan fingerprint density at radius 1 is 1.06 bits per heavy atom. The van der Waals surface area contributed by atoms with Crippen LogP contribution in [-0.2, 0) is 14.9 Å². The van der Waals surface area contributed by atoms with Gasteiger partial charge in [-0.1, -0.05) is 20.8 Å². The lowest BCUT2D eigenvalue weighted by atomic mass is 9.43. The summed E-state index contributed by atoms with van der Waals surface area (Å²) in [5.74, 6) is 2.28. The summed E-state index contributed by atoms with van der Waals surface area (Å²) >= 11 is 0. The Balaban J connectivity index is 1.40. The molecule has 0 bridgehead atoms. The largest absolute Gasteiger partial charge is 0.393 e. The van der Waals surface area contributed by atoms with E-state index in [1.807, 2.05) is 0 Å². The van der Waals surface area contributed by atoms with Gasteiger partial charge in [0.1, 0.15) is 0 Å². The van der Waals surface area contributed by atoms with Crippen molar-refractivity contribution in [1.29, 1.82) is 0 Å². The van der Waals surface area contributed by atoms with E-state index < -0.39 is 15.9 Å². The Hall–Kier alpha value is -0.700. The van der Waals surface area contributed by atoms with Gasteiger partial charge in [-0.25, -0.2) is 0 Å². The van der Waals surface area contributed by atoms with E-state index in [4.69, 9.17) is 4.55 Å². The summed E-state index contributed by atoms with van der Waals surface area (Å²) in [6, 6.07) is 0. The molecule has 34 heavy (non-hydrogen) atoms. The second-order valence-corrected chi connectivity index (χ2v) is 14.1. The molecule has 4 fully saturated rings. The highest BCUT2D eigenvalue weighted by molar-refractivity contribution is 7.85. The molecule has 4 saturated carbocycles. The maximum atomic E-state index is 12.2. The van der Waals surface area contributed by atoms with Crippen molar-refractivity contribution in [3.8, 4) is 0 Å². The van der Waals surface area contributed by atoms with Gasteiger partial charge in [0, 0.05) is 13.0 Å². The third kappa shape index (κ3) is 4.81. The number of aliphatic hydroxyl groups excluding tert-OH is 2. The van der Waals surface area contributed by atoms with Crippen LogP contribution in [0.4, 0.5) is 0 Å². The predicted octanol–water partition coefficient (Wildman–Crippen LogP) is 3.40. The molecule has 0 saturated heterocycles. The Kier molecular flexibility index (Phi) is 7.47. The zero-order valence-corrected chi connectivity index (χ0v) is 21.9. The van der Waals surface area contributed by atoms with Gasteiger partial charge in [-0.2, -0.15) is 8.42 Å². The van der Waals surface area contributed by atoms with E-state index in [9.17, 15) is 23.4 Å². The SMILES string of the molecule is C[C@H](CCC(=O)NCCS(=O)(=O)O)[C@H]1CC[C@H]2[C@@H]3CC[C@@H]4C[C@H](O)CC[C@@]4(C)[C@H]3C[C@H](O)[C@]12C. The lowest BCUT2D eigenvalue weighted by molar-refractivity contribution is -0.174. The van der Waals surface area contributed by atoms with Crippen LogP contribution in [0.25, 0.3) is 0 Å². The van der Waals surface area contributed by atoms with Crippen molar-refractivity contribution in [3.05, 3.63) is 0 Å². The average Bonchev–Trinajstić information content (AvgIpc) is 3.11. The van der Waals surface area contributed by atoms with E-state index in [-0.39, 0.29) is 35.5 Å². The van der Waals surface area contributed by atoms with Gasteiger partial charge in [0.05, 0.1) is 18.0 Å². The number of hydrogen-bond donors (Lipinski definition) is 4. The third-order valence-electron chi connectivity index (χ3n) is 11.0. The molecule has 0 radical (unpaired) electrons. The number of fused-ring (bicyclic) bond motifs is 5. The summed E-state index contributed by atoms with van der Waals surface area (Å²) in [7, 11) is -4.07. The predicted molar refractivity (Wildman–Crippen MR) is 130 cm³/mol. The molecule has 0 spiro atoms. The van der Waals surface area contributed by atoms with Gasteiger partial charge in [0.15, 0.2) is 0 Å². The standard InChI is InChI=1S/C26H45NO6S/c1-16(4-9-24(30)27-12-13-34(31,32)33)20-7-8-21-19-6-5-17-14-18(28)10-11-25(17,2)22(19)15-23(29)26(20,21)3/h16-23,28-29H,4-15H2,1-3H3,(H,27,30)(H,31,32,33)/t16-,17-,18-,19+,20-,21+,22+,23+,25-,26-/m1/s1. The molecule has 1 amide bonds. The Morgan fingerprint density at radius 2 is 1.79 bits per heavy atom. The maximum Gasteiger partial charge on any atom is 0.266 e. The minimum atomic E-state index is -4.07. The van der Waals surface area contributed by atoms with Crippen LogP contribution in [0.2, 0.25) is 0 Å². The molecule has 0 aliphatic heterocycles. The Bertz CT molecular complexity index is 863. The summed E-state index contributed by atoms with van der Waals surface area (Å²) in [4.78, 5) is 12.2. The highest BCUT2D eigenvalue weighted by Crippen LogP contribution is 2.68. The number of carbonyl (C=O) groups excluding carboxylic acids is 1. The van der Waals surface area contributed by atoms with Crippen molar-refractivity contribution in [2.75, 3.05) is 12.3 Å². The second-order valence-electron chi connectivity index (χ2n) is 12.5. The molecule has 0 aromatic carbocycles. The fraction of sp³-hybridized carbons (Fsp3) is 0.962. The minimum Gasteiger partial charge on any atom is -0.393 e. The number of nitrogens with one attached hydrogen (secondary N) is 1. The quantitative estimate of drug-likeness (QED) is 0.398. The van der Waals surface area contributed by atoms with Gasteiger partial charge in [-0.15, -0.1) is 0 Å². The zero-order chi connectivity index (χ0) is 24.9. The molecule has 0 heterocycles. The van der Waals surface area contributed by atoms with E-state index >= 15 is 0 Å². The first-order valence-electron chi connectivity index (χ1n) is 13.4. The number of carbonyl (C=O) groups is 1. The molecular formula is C26H45NO6S. The molecule has 0 aromatic rings. The van der Waals surface area contributed by atoms with Crippen molar-refractivity contribution in [2.24, 2.45) is 46.3 Å². The third-order valence-corrected chi connectivity index (χ3v) is 11.7. The molecule has 0 unspecified atom stereocenters. The topological polar surface area (TPSA) is 124 Å². The monoisotopic (exact) mass is 499 g/mol. The molecular weight excluding hydrogens is 454 g/mol. The molecule has 4 aliphatic rings. The van der Waals surface area contributed by atoms with Crippen LogP contribution in [0, 0.1) is 46.3 Å². The first kappa shape index (κ1) is 26.4. The molecule has 0 aromatic heterocycles. The Morgan fingerprint density at radius 3 is 2.50 bits per heavy atom. The van der Waals surface area contributed by atoms with Gasteiger partial charge in [0.2, 0.25) is 5.91 Å². The van der Waals surface area contributed by atoms with Crippen LogP contribution in [0.1, 0.15) is 85.0 Å². The lowest BCUT2D eigenvalue weighted by Crippen LogP contribution is -2.58. The molecule has 10 atom stereocenters. The van der Waals surface area contributed by atoms with Crippen LogP contribution in [0.3, 0.4) is 0 Å². The second kappa shape index (κ2) is 9.64. The zero-order valence-electron chi connectivity index (χ0n) is 21.1. The summed E-state index contributed by atoms with van der Waals surface area (Å²) in [5, 5.41) is 24.5. The lowest BCUT2D eigenvalue weighted by Gasteiger charge is -2.62. The van der Waals surface area contributed by atoms with Crippen molar-refractivity contribution in [1.82, 2.24) is 5.32 Å². The van der Waals surface area contributed by atoms with Gasteiger partial charge >= 0.3 is 0 Å². The van der Waals surface area contributed by atoms with Gasteiger partial charge in [-0.3, -0.25) is 9.35 Å². The van der Waals surface area contributed by atoms with Gasteiger partial charge in [0.25, 0.3) is 10.1 Å². The summed E-state index contributed by atoms with van der Waals surface area (Å²) in [6.07, 6.45) is 8.93. The molecule has 8 heteroatoms. The molecule has 4 N–H and O–H groups in total. The number of aliphatic hydroxyl groups is 2. The van der Waals surface area contributed by atoms with Gasteiger partial charge < -0.3 is 15.5 Å². The van der Waals surface area contributed by atoms with E-state index in [0.717, 1.165) is 38.5 Å². The fourth-order valence-corrected chi connectivity index (χ4v) is 9.49. The molecule has 196 valence electrons. The number of hydrogen-bond acceptors (Lipinski definition) is 5. The smallest absolute Gasteiger partial charge is 0.266 e. The van der Waals surface area contributed by atoms with Gasteiger partial charge in [-0.05, 0) is 104 Å². The van der Waals surface area contributed by atoms with Crippen molar-refractivity contribution in [2.45, 2.75) is 97.2 Å². The van der Waals surface area contributed by atoms with Crippen molar-refractivity contribution in [3.63, 3.8) is 0 Å². The maximum absolute atomic E-state index is 12.2. The molecule has 4 rings (SSSR count). The fourth-order valence-electron chi connectivity index (χ4n) is 9.13. The average molecular weight is 500 g/mol.